The summed E-state index contributed by atoms with van der Waals surface area (Å²) in [5.74, 6) is 0. The number of hydrogen-bond donors (Lipinski definition) is 1. The van der Waals surface area contributed by atoms with Crippen LogP contribution in [-0.2, 0) is 0 Å². The highest BCUT2D eigenvalue weighted by Gasteiger charge is 2.24. The van der Waals surface area contributed by atoms with Gasteiger partial charge in [0.1, 0.15) is 0 Å². The normalized spacial score (nSPS) is 20.7. The highest BCUT2D eigenvalue weighted by Crippen LogP contribution is 2.29. The van der Waals surface area contributed by atoms with Gasteiger partial charge in [0, 0.05) is 5.54 Å². The van der Waals surface area contributed by atoms with Gasteiger partial charge >= 0.3 is 0 Å². The van der Waals surface area contributed by atoms with E-state index in [2.05, 4.69) is 44.8 Å². The van der Waals surface area contributed by atoms with Crippen molar-refractivity contribution >= 4 is 0 Å². The standard InChI is InChI=1S/C17H36N2/c1-16(2,3)18-12-8-6-7-9-13-19-14-10-17(4,5)11-15-19/h18H,6-15H2,1-5H3. The van der Waals surface area contributed by atoms with Crippen LogP contribution in [0.15, 0.2) is 0 Å². The Morgan fingerprint density at radius 3 is 2.11 bits per heavy atom. The minimum Gasteiger partial charge on any atom is -0.312 e. The largest absolute Gasteiger partial charge is 0.312 e. The molecule has 0 spiro atoms. The number of nitrogens with zero attached hydrogens (tertiary/aromatic N) is 1. The molecule has 0 unspecified atom stereocenters. The van der Waals surface area contributed by atoms with Crippen molar-refractivity contribution in [3.8, 4) is 0 Å². The molecule has 0 aromatic heterocycles. The van der Waals surface area contributed by atoms with Crippen molar-refractivity contribution < 1.29 is 0 Å². The number of unbranched alkanes of at least 4 members (excludes halogenated alkanes) is 3. The Bertz CT molecular complexity index is 230. The molecule has 0 atom stereocenters. The smallest absolute Gasteiger partial charge is 0.00965 e. The van der Waals surface area contributed by atoms with Crippen molar-refractivity contribution in [2.75, 3.05) is 26.2 Å². The predicted octanol–water partition coefficient (Wildman–Crippen LogP) is 4.06. The Labute approximate surface area is 121 Å². The van der Waals surface area contributed by atoms with Crippen molar-refractivity contribution in [3.63, 3.8) is 0 Å². The van der Waals surface area contributed by atoms with E-state index in [4.69, 9.17) is 0 Å². The van der Waals surface area contributed by atoms with E-state index in [0.29, 0.717) is 5.41 Å². The molecule has 0 radical (unpaired) electrons. The minimum absolute atomic E-state index is 0.278. The molecular formula is C17H36N2. The highest BCUT2D eigenvalue weighted by molar-refractivity contribution is 4.78. The van der Waals surface area contributed by atoms with Crippen LogP contribution in [-0.4, -0.2) is 36.6 Å². The molecule has 19 heavy (non-hydrogen) atoms. The van der Waals surface area contributed by atoms with Gasteiger partial charge in [0.25, 0.3) is 0 Å². The predicted molar refractivity (Wildman–Crippen MR) is 85.7 cm³/mol. The number of likely N-dealkylation sites (tertiary alicyclic amines) is 1. The quantitative estimate of drug-likeness (QED) is 0.701. The van der Waals surface area contributed by atoms with E-state index in [-0.39, 0.29) is 5.54 Å². The van der Waals surface area contributed by atoms with Crippen LogP contribution < -0.4 is 5.32 Å². The van der Waals surface area contributed by atoms with E-state index < -0.39 is 0 Å². The van der Waals surface area contributed by atoms with Gasteiger partial charge < -0.3 is 10.2 Å². The highest BCUT2D eigenvalue weighted by atomic mass is 15.1. The molecule has 2 nitrogen and oxygen atoms in total. The summed E-state index contributed by atoms with van der Waals surface area (Å²) in [7, 11) is 0. The van der Waals surface area contributed by atoms with Crippen molar-refractivity contribution in [3.05, 3.63) is 0 Å². The Balaban J connectivity index is 1.92. The lowest BCUT2D eigenvalue weighted by atomic mass is 9.82. The molecule has 1 heterocycles. The number of rotatable bonds is 7. The summed E-state index contributed by atoms with van der Waals surface area (Å²) in [5.41, 5.74) is 0.871. The van der Waals surface area contributed by atoms with Crippen molar-refractivity contribution in [2.24, 2.45) is 5.41 Å². The van der Waals surface area contributed by atoms with E-state index in [1.165, 1.54) is 64.7 Å². The molecular weight excluding hydrogens is 232 g/mol. The van der Waals surface area contributed by atoms with Crippen LogP contribution in [0.3, 0.4) is 0 Å². The third kappa shape index (κ3) is 8.65. The molecule has 0 amide bonds. The molecule has 0 bridgehead atoms. The molecule has 1 fully saturated rings. The summed E-state index contributed by atoms with van der Waals surface area (Å²) in [6.07, 6.45) is 8.24. The van der Waals surface area contributed by atoms with Gasteiger partial charge in [-0.05, 0) is 78.0 Å². The summed E-state index contributed by atoms with van der Waals surface area (Å²) in [5, 5.41) is 3.56. The monoisotopic (exact) mass is 268 g/mol. The second kappa shape index (κ2) is 7.64. The first kappa shape index (κ1) is 17.0. The lowest BCUT2D eigenvalue weighted by Crippen LogP contribution is -2.37. The fraction of sp³-hybridized carbons (Fsp3) is 1.00. The van der Waals surface area contributed by atoms with Crippen LogP contribution in [0.2, 0.25) is 0 Å². The Hall–Kier alpha value is -0.0800. The fourth-order valence-corrected chi connectivity index (χ4v) is 2.66. The molecule has 0 aliphatic carbocycles. The van der Waals surface area contributed by atoms with Gasteiger partial charge in [-0.25, -0.2) is 0 Å². The van der Waals surface area contributed by atoms with E-state index in [1.807, 2.05) is 0 Å². The number of hydrogen-bond acceptors (Lipinski definition) is 2. The zero-order chi connectivity index (χ0) is 14.4. The number of nitrogens with one attached hydrogen (secondary N) is 1. The first-order valence-electron chi connectivity index (χ1n) is 8.26. The van der Waals surface area contributed by atoms with Gasteiger partial charge in [-0.15, -0.1) is 0 Å². The molecule has 0 saturated carbocycles. The van der Waals surface area contributed by atoms with E-state index in [9.17, 15) is 0 Å². The average molecular weight is 268 g/mol. The molecule has 1 aliphatic rings. The SMILES string of the molecule is CC1(C)CCN(CCCCCCNC(C)(C)C)CC1. The Morgan fingerprint density at radius 2 is 1.53 bits per heavy atom. The summed E-state index contributed by atoms with van der Waals surface area (Å²) >= 11 is 0. The second-order valence-electron chi connectivity index (χ2n) is 8.10. The first-order chi connectivity index (χ1) is 8.79. The third-order valence-electron chi connectivity index (χ3n) is 4.27. The third-order valence-corrected chi connectivity index (χ3v) is 4.27. The lowest BCUT2D eigenvalue weighted by Gasteiger charge is -2.36. The van der Waals surface area contributed by atoms with Crippen LogP contribution in [0.1, 0.15) is 73.1 Å². The summed E-state index contributed by atoms with van der Waals surface area (Å²) < 4.78 is 0. The van der Waals surface area contributed by atoms with E-state index in [0.717, 1.165) is 0 Å². The summed E-state index contributed by atoms with van der Waals surface area (Å²) in [6, 6.07) is 0. The van der Waals surface area contributed by atoms with Gasteiger partial charge in [-0.2, -0.15) is 0 Å². The maximum absolute atomic E-state index is 3.56. The van der Waals surface area contributed by atoms with Crippen molar-refractivity contribution in [1.82, 2.24) is 10.2 Å². The van der Waals surface area contributed by atoms with Crippen LogP contribution in [0.4, 0.5) is 0 Å². The van der Waals surface area contributed by atoms with Crippen LogP contribution in [0.25, 0.3) is 0 Å². The van der Waals surface area contributed by atoms with Gasteiger partial charge in [0.05, 0.1) is 0 Å². The molecule has 1 aliphatic heterocycles. The van der Waals surface area contributed by atoms with E-state index in [1.54, 1.807) is 0 Å². The van der Waals surface area contributed by atoms with Crippen LogP contribution >= 0.6 is 0 Å². The summed E-state index contributed by atoms with van der Waals surface area (Å²) in [4.78, 5) is 2.67. The maximum atomic E-state index is 3.56. The van der Waals surface area contributed by atoms with Gasteiger partial charge in [0.2, 0.25) is 0 Å². The van der Waals surface area contributed by atoms with Crippen molar-refractivity contribution in [1.29, 1.82) is 0 Å². The van der Waals surface area contributed by atoms with Gasteiger partial charge in [0.15, 0.2) is 0 Å². The summed E-state index contributed by atoms with van der Waals surface area (Å²) in [6.45, 7) is 16.7. The average Bonchev–Trinajstić information content (AvgIpc) is 2.28. The fourth-order valence-electron chi connectivity index (χ4n) is 2.66. The zero-order valence-electron chi connectivity index (χ0n) is 14.0. The molecule has 1 saturated heterocycles. The first-order valence-corrected chi connectivity index (χ1v) is 8.26. The van der Waals surface area contributed by atoms with Crippen molar-refractivity contribution in [2.45, 2.75) is 78.7 Å². The van der Waals surface area contributed by atoms with Crippen LogP contribution in [0.5, 0.6) is 0 Å². The molecule has 2 heteroatoms. The topological polar surface area (TPSA) is 15.3 Å². The lowest BCUT2D eigenvalue weighted by molar-refractivity contribution is 0.131. The molecule has 1 N–H and O–H groups in total. The molecule has 1 rings (SSSR count). The zero-order valence-corrected chi connectivity index (χ0v) is 14.0. The van der Waals surface area contributed by atoms with Gasteiger partial charge in [-0.3, -0.25) is 0 Å². The van der Waals surface area contributed by atoms with Crippen LogP contribution in [0, 0.1) is 5.41 Å². The molecule has 114 valence electrons. The molecule has 0 aromatic rings. The van der Waals surface area contributed by atoms with E-state index >= 15 is 0 Å². The Kier molecular flexibility index (Phi) is 6.82. The molecule has 0 aromatic carbocycles. The second-order valence-corrected chi connectivity index (χ2v) is 8.10. The Morgan fingerprint density at radius 1 is 0.947 bits per heavy atom. The minimum atomic E-state index is 0.278. The number of piperidine rings is 1. The van der Waals surface area contributed by atoms with Gasteiger partial charge in [-0.1, -0.05) is 26.7 Å². The maximum Gasteiger partial charge on any atom is 0.00965 e.